The summed E-state index contributed by atoms with van der Waals surface area (Å²) in [4.78, 5) is 34.6. The van der Waals surface area contributed by atoms with Crippen molar-refractivity contribution in [1.82, 2.24) is 14.5 Å². The molecule has 1 aliphatic rings. The highest BCUT2D eigenvalue weighted by molar-refractivity contribution is 6.08. The van der Waals surface area contributed by atoms with Gasteiger partial charge in [-0.05, 0) is 30.3 Å². The fourth-order valence-electron chi connectivity index (χ4n) is 4.26. The minimum absolute atomic E-state index is 0.0567. The summed E-state index contributed by atoms with van der Waals surface area (Å²) in [6, 6.07) is 18.8. The second-order valence-corrected chi connectivity index (χ2v) is 8.70. The maximum atomic E-state index is 12.9. The van der Waals surface area contributed by atoms with Crippen molar-refractivity contribution in [3.8, 4) is 0 Å². The van der Waals surface area contributed by atoms with Crippen molar-refractivity contribution in [2.75, 3.05) is 23.8 Å². The zero-order valence-electron chi connectivity index (χ0n) is 19.6. The van der Waals surface area contributed by atoms with Gasteiger partial charge in [0.15, 0.2) is 0 Å². The minimum Gasteiger partial charge on any atom is -0.393 e. The maximum absolute atomic E-state index is 12.9. The van der Waals surface area contributed by atoms with Gasteiger partial charge < -0.3 is 29.9 Å². The molecule has 1 saturated heterocycles. The SMILES string of the molecule is O=C(Nc1nc(NC(=O)c2ccccc2)c2ccn([C@H]3C[C@H](O)C(CO)(CO)O3)c2n1)c1ccccc1. The van der Waals surface area contributed by atoms with E-state index in [0.29, 0.717) is 22.2 Å². The molecule has 5 rings (SSSR count). The summed E-state index contributed by atoms with van der Waals surface area (Å²) in [5.41, 5.74) is -0.398. The van der Waals surface area contributed by atoms with E-state index in [4.69, 9.17) is 4.74 Å². The Hall–Kier alpha value is -4.16. The molecule has 0 unspecified atom stereocenters. The molecule has 0 bridgehead atoms. The molecule has 190 valence electrons. The molecule has 2 aromatic carbocycles. The third-order valence-electron chi connectivity index (χ3n) is 6.35. The van der Waals surface area contributed by atoms with Gasteiger partial charge in [-0.1, -0.05) is 36.4 Å². The van der Waals surface area contributed by atoms with Gasteiger partial charge >= 0.3 is 0 Å². The lowest BCUT2D eigenvalue weighted by atomic mass is 9.99. The highest BCUT2D eigenvalue weighted by Gasteiger charge is 2.48. The Balaban J connectivity index is 1.54. The number of benzene rings is 2. The van der Waals surface area contributed by atoms with E-state index in [1.165, 1.54) is 0 Å². The molecular formula is C26H25N5O6. The summed E-state index contributed by atoms with van der Waals surface area (Å²) in [7, 11) is 0. The zero-order valence-corrected chi connectivity index (χ0v) is 19.6. The van der Waals surface area contributed by atoms with Crippen molar-refractivity contribution in [3.05, 3.63) is 84.1 Å². The molecule has 0 saturated carbocycles. The van der Waals surface area contributed by atoms with Crippen molar-refractivity contribution < 1.29 is 29.6 Å². The number of aliphatic hydroxyl groups is 3. The lowest BCUT2D eigenvalue weighted by Crippen LogP contribution is -2.46. The number of aromatic nitrogens is 3. The van der Waals surface area contributed by atoms with Crippen LogP contribution in [0.4, 0.5) is 11.8 Å². The van der Waals surface area contributed by atoms with Gasteiger partial charge in [-0.25, -0.2) is 0 Å². The highest BCUT2D eigenvalue weighted by Crippen LogP contribution is 2.38. The van der Waals surface area contributed by atoms with E-state index in [1.54, 1.807) is 77.5 Å². The number of nitrogens with zero attached hydrogens (tertiary/aromatic N) is 3. The number of ether oxygens (including phenoxy) is 1. The van der Waals surface area contributed by atoms with Gasteiger partial charge in [-0.3, -0.25) is 14.9 Å². The second kappa shape index (κ2) is 10.1. The Labute approximate surface area is 211 Å². The molecule has 2 atom stereocenters. The molecule has 4 aromatic rings. The number of fused-ring (bicyclic) bond motifs is 1. The Morgan fingerprint density at radius 1 is 0.919 bits per heavy atom. The number of hydrogen-bond donors (Lipinski definition) is 5. The van der Waals surface area contributed by atoms with Crippen molar-refractivity contribution in [2.45, 2.75) is 24.4 Å². The standard InChI is InChI=1S/C26H25N5O6/c32-14-26(15-33)19(34)13-20(37-26)31-12-11-18-21(27-23(35)16-7-3-1-4-8-16)28-25(29-22(18)31)30-24(36)17-9-5-2-6-10-17/h1-12,19-20,32-34H,13-15H2,(H2,27,28,29,30,35,36)/t19-,20+/m0/s1. The van der Waals surface area contributed by atoms with Crippen LogP contribution in [-0.2, 0) is 4.74 Å². The number of rotatable bonds is 7. The Bertz CT molecular complexity index is 1420. The average Bonchev–Trinajstić information content (AvgIpc) is 3.50. The van der Waals surface area contributed by atoms with E-state index in [1.807, 2.05) is 0 Å². The highest BCUT2D eigenvalue weighted by atomic mass is 16.6. The number of nitrogens with one attached hydrogen (secondary N) is 2. The van der Waals surface area contributed by atoms with Gasteiger partial charge in [-0.15, -0.1) is 0 Å². The number of aliphatic hydroxyl groups excluding tert-OH is 3. The summed E-state index contributed by atoms with van der Waals surface area (Å²) < 4.78 is 7.47. The first-order chi connectivity index (χ1) is 17.9. The van der Waals surface area contributed by atoms with Gasteiger partial charge in [0.1, 0.15) is 23.3 Å². The molecule has 2 amide bonds. The average molecular weight is 504 g/mol. The van der Waals surface area contributed by atoms with E-state index < -0.39 is 43.0 Å². The van der Waals surface area contributed by atoms with Crippen LogP contribution in [0, 0.1) is 0 Å². The van der Waals surface area contributed by atoms with Crippen LogP contribution in [0.25, 0.3) is 11.0 Å². The summed E-state index contributed by atoms with van der Waals surface area (Å²) >= 11 is 0. The van der Waals surface area contributed by atoms with E-state index in [9.17, 15) is 24.9 Å². The molecule has 3 heterocycles. The van der Waals surface area contributed by atoms with Crippen LogP contribution < -0.4 is 10.6 Å². The summed E-state index contributed by atoms with van der Waals surface area (Å²) in [6.07, 6.45) is -0.187. The molecule has 0 radical (unpaired) electrons. The van der Waals surface area contributed by atoms with E-state index in [0.717, 1.165) is 0 Å². The van der Waals surface area contributed by atoms with Crippen LogP contribution in [0.2, 0.25) is 0 Å². The number of carbonyl (C=O) groups excluding carboxylic acids is 2. The summed E-state index contributed by atoms with van der Waals surface area (Å²) in [6.45, 7) is -1.15. The van der Waals surface area contributed by atoms with Crippen molar-refractivity contribution in [3.63, 3.8) is 0 Å². The van der Waals surface area contributed by atoms with E-state index >= 15 is 0 Å². The van der Waals surface area contributed by atoms with Crippen LogP contribution in [0.15, 0.2) is 72.9 Å². The number of anilines is 2. The van der Waals surface area contributed by atoms with Gasteiger partial charge in [-0.2, -0.15) is 9.97 Å². The van der Waals surface area contributed by atoms with E-state index in [2.05, 4.69) is 20.6 Å². The maximum Gasteiger partial charge on any atom is 0.258 e. The van der Waals surface area contributed by atoms with Crippen LogP contribution in [0.3, 0.4) is 0 Å². The lowest BCUT2D eigenvalue weighted by molar-refractivity contribution is -0.148. The first kappa shape index (κ1) is 24.5. The second-order valence-electron chi connectivity index (χ2n) is 8.70. The first-order valence-corrected chi connectivity index (χ1v) is 11.6. The number of hydrogen-bond acceptors (Lipinski definition) is 8. The van der Waals surface area contributed by atoms with Gasteiger partial charge in [0.2, 0.25) is 5.95 Å². The fourth-order valence-corrected chi connectivity index (χ4v) is 4.26. The monoisotopic (exact) mass is 503 g/mol. The molecule has 11 nitrogen and oxygen atoms in total. The molecular weight excluding hydrogens is 478 g/mol. The molecule has 1 fully saturated rings. The predicted molar refractivity (Wildman–Crippen MR) is 134 cm³/mol. The predicted octanol–water partition coefficient (Wildman–Crippen LogP) is 1.94. The van der Waals surface area contributed by atoms with Crippen molar-refractivity contribution >= 4 is 34.6 Å². The molecule has 5 N–H and O–H groups in total. The Morgan fingerprint density at radius 3 is 2.08 bits per heavy atom. The quantitative estimate of drug-likeness (QED) is 0.256. The molecule has 1 aliphatic heterocycles. The lowest BCUT2D eigenvalue weighted by Gasteiger charge is -2.27. The molecule has 0 spiro atoms. The fraction of sp³-hybridized carbons (Fsp3) is 0.231. The third kappa shape index (κ3) is 4.68. The van der Waals surface area contributed by atoms with Crippen LogP contribution in [-0.4, -0.2) is 66.6 Å². The molecule has 37 heavy (non-hydrogen) atoms. The molecule has 0 aliphatic carbocycles. The Kier molecular flexibility index (Phi) is 6.68. The first-order valence-electron chi connectivity index (χ1n) is 11.6. The summed E-state index contributed by atoms with van der Waals surface area (Å²) in [5.74, 6) is -0.736. The van der Waals surface area contributed by atoms with E-state index in [-0.39, 0.29) is 18.2 Å². The van der Waals surface area contributed by atoms with Crippen LogP contribution in [0.5, 0.6) is 0 Å². The molecule has 2 aromatic heterocycles. The van der Waals surface area contributed by atoms with Crippen molar-refractivity contribution in [2.24, 2.45) is 0 Å². The zero-order chi connectivity index (χ0) is 26.0. The Morgan fingerprint density at radius 2 is 1.51 bits per heavy atom. The normalized spacial score (nSPS) is 18.6. The summed E-state index contributed by atoms with van der Waals surface area (Å²) in [5, 5.41) is 35.9. The largest absolute Gasteiger partial charge is 0.393 e. The van der Waals surface area contributed by atoms with Gasteiger partial charge in [0, 0.05) is 23.7 Å². The number of carbonyl (C=O) groups is 2. The topological polar surface area (TPSA) is 159 Å². The minimum atomic E-state index is -1.52. The van der Waals surface area contributed by atoms with Gasteiger partial charge in [0.25, 0.3) is 11.8 Å². The smallest absolute Gasteiger partial charge is 0.258 e. The number of amides is 2. The third-order valence-corrected chi connectivity index (χ3v) is 6.35. The van der Waals surface area contributed by atoms with Crippen LogP contribution >= 0.6 is 0 Å². The molecule has 11 heteroatoms. The van der Waals surface area contributed by atoms with Gasteiger partial charge in [0.05, 0.1) is 24.7 Å². The van der Waals surface area contributed by atoms with Crippen molar-refractivity contribution in [1.29, 1.82) is 0 Å². The van der Waals surface area contributed by atoms with Crippen LogP contribution in [0.1, 0.15) is 33.4 Å².